The van der Waals surface area contributed by atoms with Crippen LogP contribution in [0.2, 0.25) is 0 Å². The summed E-state index contributed by atoms with van der Waals surface area (Å²) in [6.45, 7) is 7.07. The first-order valence-corrected chi connectivity index (χ1v) is 11.7. The van der Waals surface area contributed by atoms with Gasteiger partial charge in [-0.2, -0.15) is 13.2 Å². The number of allylic oxidation sites excluding steroid dienone is 4. The Morgan fingerprint density at radius 2 is 1.91 bits per heavy atom. The van der Waals surface area contributed by atoms with Gasteiger partial charge in [-0.1, -0.05) is 24.3 Å². The Labute approximate surface area is 197 Å². The molecule has 182 valence electrons. The Hall–Kier alpha value is -2.84. The van der Waals surface area contributed by atoms with Crippen LogP contribution in [0.1, 0.15) is 46.6 Å². The molecular formula is C26H30F3N3O2. The van der Waals surface area contributed by atoms with Gasteiger partial charge in [-0.15, -0.1) is 0 Å². The number of anilines is 1. The largest absolute Gasteiger partial charge is 0.416 e. The molecule has 2 heterocycles. The molecule has 1 amide bonds. The van der Waals surface area contributed by atoms with E-state index in [0.29, 0.717) is 5.69 Å². The molecule has 0 bridgehead atoms. The third kappa shape index (κ3) is 5.80. The molecule has 0 unspecified atom stereocenters. The van der Waals surface area contributed by atoms with Crippen molar-refractivity contribution < 1.29 is 22.7 Å². The van der Waals surface area contributed by atoms with E-state index in [1.807, 2.05) is 13.0 Å². The Morgan fingerprint density at radius 3 is 2.62 bits per heavy atom. The second-order valence-corrected chi connectivity index (χ2v) is 8.66. The van der Waals surface area contributed by atoms with Crippen LogP contribution < -0.4 is 5.32 Å². The van der Waals surface area contributed by atoms with Gasteiger partial charge in [-0.3, -0.25) is 9.69 Å². The number of amides is 1. The summed E-state index contributed by atoms with van der Waals surface area (Å²) in [5.74, 6) is -0.556. The zero-order valence-electron chi connectivity index (χ0n) is 19.3. The maximum absolute atomic E-state index is 13.1. The number of aromatic nitrogens is 1. The second-order valence-electron chi connectivity index (χ2n) is 8.66. The molecule has 1 aliphatic carbocycles. The lowest BCUT2D eigenvalue weighted by atomic mass is 10.0. The summed E-state index contributed by atoms with van der Waals surface area (Å²) in [4.78, 5) is 15.2. The van der Waals surface area contributed by atoms with E-state index >= 15 is 0 Å². The number of hydrogen-bond acceptors (Lipinski definition) is 3. The molecule has 1 fully saturated rings. The van der Waals surface area contributed by atoms with Crippen LogP contribution in [0, 0.1) is 6.92 Å². The number of hydrogen-bond donors (Lipinski definition) is 1. The molecule has 1 aromatic heterocycles. The van der Waals surface area contributed by atoms with E-state index in [4.69, 9.17) is 4.74 Å². The molecule has 1 aliphatic heterocycles. The number of benzene rings is 1. The summed E-state index contributed by atoms with van der Waals surface area (Å²) in [5, 5.41) is 2.84. The number of ether oxygens (including phenoxy) is 1. The van der Waals surface area contributed by atoms with Crippen LogP contribution in [0.25, 0.3) is 5.57 Å². The quantitative estimate of drug-likeness (QED) is 0.576. The molecule has 2 aromatic rings. The number of morpholine rings is 1. The van der Waals surface area contributed by atoms with Crippen LogP contribution in [0.5, 0.6) is 0 Å². The van der Waals surface area contributed by atoms with Gasteiger partial charge in [-0.25, -0.2) is 0 Å². The number of nitrogens with zero attached hydrogens (tertiary/aromatic N) is 2. The number of carbonyl (C=O) groups is 1. The lowest BCUT2D eigenvalue weighted by molar-refractivity contribution is -0.137. The molecule has 5 nitrogen and oxygen atoms in total. The molecule has 0 radical (unpaired) electrons. The fraction of sp³-hybridized carbons (Fsp3) is 0.423. The van der Waals surface area contributed by atoms with Crippen molar-refractivity contribution in [1.29, 1.82) is 0 Å². The van der Waals surface area contributed by atoms with E-state index in [-0.39, 0.29) is 5.56 Å². The SMILES string of the molecule is Cc1c(NC(=O)c2cccc(C(F)(F)F)c2)cc(C2=CCCC=C2)n1CCCN1CCOCC1. The van der Waals surface area contributed by atoms with Gasteiger partial charge in [0, 0.05) is 37.4 Å². The first-order chi connectivity index (χ1) is 16.3. The number of nitrogens with one attached hydrogen (secondary N) is 1. The van der Waals surface area contributed by atoms with Crippen molar-refractivity contribution in [2.24, 2.45) is 0 Å². The molecule has 4 rings (SSSR count). The number of carbonyl (C=O) groups excluding carboxylic acids is 1. The van der Waals surface area contributed by atoms with E-state index in [0.717, 1.165) is 87.7 Å². The molecular weight excluding hydrogens is 443 g/mol. The number of rotatable bonds is 7. The van der Waals surface area contributed by atoms with Gasteiger partial charge in [0.25, 0.3) is 5.91 Å². The third-order valence-electron chi connectivity index (χ3n) is 6.32. The van der Waals surface area contributed by atoms with Crippen LogP contribution >= 0.6 is 0 Å². The molecule has 8 heteroatoms. The van der Waals surface area contributed by atoms with Gasteiger partial charge in [0.05, 0.1) is 30.2 Å². The fourth-order valence-electron chi connectivity index (χ4n) is 4.41. The molecule has 0 atom stereocenters. The van der Waals surface area contributed by atoms with Crippen molar-refractivity contribution in [3.63, 3.8) is 0 Å². The van der Waals surface area contributed by atoms with E-state index in [1.54, 1.807) is 0 Å². The summed E-state index contributed by atoms with van der Waals surface area (Å²) in [6.07, 6.45) is 4.82. The highest BCUT2D eigenvalue weighted by molar-refractivity contribution is 6.05. The van der Waals surface area contributed by atoms with E-state index in [1.165, 1.54) is 12.1 Å². The highest BCUT2D eigenvalue weighted by Gasteiger charge is 2.31. The summed E-state index contributed by atoms with van der Waals surface area (Å²) < 4.78 is 46.9. The Morgan fingerprint density at radius 1 is 1.12 bits per heavy atom. The van der Waals surface area contributed by atoms with Crippen molar-refractivity contribution in [2.75, 3.05) is 38.2 Å². The standard InChI is InChI=1S/C26H30F3N3O2/c1-19-23(30-25(33)21-9-5-10-22(17-21)26(27,28)29)18-24(20-7-3-2-4-8-20)32(19)12-6-11-31-13-15-34-16-14-31/h3,5,7-10,17-18H,2,4,6,11-16H2,1H3,(H,30,33). The lowest BCUT2D eigenvalue weighted by Gasteiger charge is -2.26. The Kier molecular flexibility index (Phi) is 7.58. The first-order valence-electron chi connectivity index (χ1n) is 11.7. The first kappa shape index (κ1) is 24.3. The van der Waals surface area contributed by atoms with Gasteiger partial charge in [0.1, 0.15) is 0 Å². The maximum atomic E-state index is 13.1. The molecule has 1 aromatic carbocycles. The predicted molar refractivity (Wildman–Crippen MR) is 127 cm³/mol. The second kappa shape index (κ2) is 10.6. The van der Waals surface area contributed by atoms with Crippen LogP contribution in [0.4, 0.5) is 18.9 Å². The van der Waals surface area contributed by atoms with E-state index in [2.05, 4.69) is 33.0 Å². The minimum absolute atomic E-state index is 0.0207. The van der Waals surface area contributed by atoms with Gasteiger partial charge >= 0.3 is 6.18 Å². The van der Waals surface area contributed by atoms with Crippen LogP contribution in [-0.4, -0.2) is 48.2 Å². The lowest BCUT2D eigenvalue weighted by Crippen LogP contribution is -2.37. The summed E-state index contributed by atoms with van der Waals surface area (Å²) in [5.41, 5.74) is 2.75. The van der Waals surface area contributed by atoms with Crippen molar-refractivity contribution >= 4 is 17.2 Å². The minimum Gasteiger partial charge on any atom is -0.379 e. The Balaban J connectivity index is 1.54. The molecule has 0 spiro atoms. The zero-order chi connectivity index (χ0) is 24.1. The molecule has 0 saturated carbocycles. The van der Waals surface area contributed by atoms with Gasteiger partial charge in [0.2, 0.25) is 0 Å². The van der Waals surface area contributed by atoms with Gasteiger partial charge < -0.3 is 14.6 Å². The summed E-state index contributed by atoms with van der Waals surface area (Å²) in [7, 11) is 0. The van der Waals surface area contributed by atoms with Crippen molar-refractivity contribution in [2.45, 2.75) is 38.9 Å². The van der Waals surface area contributed by atoms with Crippen molar-refractivity contribution in [3.05, 3.63) is 71.1 Å². The van der Waals surface area contributed by atoms with E-state index < -0.39 is 17.6 Å². The molecule has 1 N–H and O–H groups in total. The average molecular weight is 474 g/mol. The van der Waals surface area contributed by atoms with Crippen LogP contribution in [0.3, 0.4) is 0 Å². The monoisotopic (exact) mass is 473 g/mol. The van der Waals surface area contributed by atoms with Crippen LogP contribution in [-0.2, 0) is 17.5 Å². The minimum atomic E-state index is -4.50. The van der Waals surface area contributed by atoms with Crippen molar-refractivity contribution in [3.8, 4) is 0 Å². The summed E-state index contributed by atoms with van der Waals surface area (Å²) in [6, 6.07) is 6.43. The third-order valence-corrected chi connectivity index (χ3v) is 6.32. The topological polar surface area (TPSA) is 46.5 Å². The summed E-state index contributed by atoms with van der Waals surface area (Å²) >= 11 is 0. The highest BCUT2D eigenvalue weighted by Crippen LogP contribution is 2.31. The Bertz CT molecular complexity index is 1080. The normalized spacial score (nSPS) is 17.0. The van der Waals surface area contributed by atoms with Crippen molar-refractivity contribution in [1.82, 2.24) is 9.47 Å². The van der Waals surface area contributed by atoms with Crippen LogP contribution in [0.15, 0.2) is 48.6 Å². The van der Waals surface area contributed by atoms with E-state index in [9.17, 15) is 18.0 Å². The maximum Gasteiger partial charge on any atom is 0.416 e. The molecule has 34 heavy (non-hydrogen) atoms. The molecule has 1 saturated heterocycles. The van der Waals surface area contributed by atoms with Gasteiger partial charge in [-0.05, 0) is 56.0 Å². The number of alkyl halides is 3. The average Bonchev–Trinajstić information content (AvgIpc) is 3.15. The van der Waals surface area contributed by atoms with Gasteiger partial charge in [0.15, 0.2) is 0 Å². The molecule has 2 aliphatic rings. The zero-order valence-corrected chi connectivity index (χ0v) is 19.3. The number of halogens is 3. The predicted octanol–water partition coefficient (Wildman–Crippen LogP) is 5.52. The highest BCUT2D eigenvalue weighted by atomic mass is 19.4. The fourth-order valence-corrected chi connectivity index (χ4v) is 4.41. The smallest absolute Gasteiger partial charge is 0.379 e.